The van der Waals surface area contributed by atoms with E-state index in [1.807, 2.05) is 6.92 Å². The zero-order valence-corrected chi connectivity index (χ0v) is 21.3. The van der Waals surface area contributed by atoms with Crippen LogP contribution in [0.2, 0.25) is 0 Å². The molecule has 35 heavy (non-hydrogen) atoms. The van der Waals surface area contributed by atoms with E-state index in [1.54, 1.807) is 24.3 Å². The molecule has 1 heterocycles. The highest BCUT2D eigenvalue weighted by atomic mass is 35.5. The number of nitrogens with one attached hydrogen (secondary N) is 1. The van der Waals surface area contributed by atoms with Crippen molar-refractivity contribution in [2.75, 3.05) is 45.9 Å². The van der Waals surface area contributed by atoms with Crippen LogP contribution in [0.5, 0.6) is 5.75 Å². The SMILES string of the molecule is CCCCOc1cccc(C(F)(F)CNCC(=O)N2CCN(S(=O)(=O)c3ccccc3)CC2)c1.Cl. The molecule has 11 heteroatoms. The van der Waals surface area contributed by atoms with E-state index in [4.69, 9.17) is 4.74 Å². The molecule has 0 unspecified atom stereocenters. The predicted octanol–water partition coefficient (Wildman–Crippen LogP) is 3.50. The summed E-state index contributed by atoms with van der Waals surface area (Å²) in [6, 6.07) is 13.9. The van der Waals surface area contributed by atoms with Crippen molar-refractivity contribution in [1.82, 2.24) is 14.5 Å². The van der Waals surface area contributed by atoms with E-state index in [2.05, 4.69) is 5.32 Å². The maximum atomic E-state index is 14.6. The van der Waals surface area contributed by atoms with Crippen molar-refractivity contribution in [1.29, 1.82) is 0 Å². The molecule has 0 aliphatic carbocycles. The molecule has 194 valence electrons. The Hall–Kier alpha value is -2.27. The number of unbranched alkanes of at least 4 members (excludes halogenated alkanes) is 1. The van der Waals surface area contributed by atoms with Gasteiger partial charge in [-0.05, 0) is 30.7 Å². The summed E-state index contributed by atoms with van der Waals surface area (Å²) in [6.45, 7) is 2.27. The normalized spacial score (nSPS) is 14.9. The summed E-state index contributed by atoms with van der Waals surface area (Å²) < 4.78 is 61.5. The second-order valence-corrected chi connectivity index (χ2v) is 10.1. The highest BCUT2D eigenvalue weighted by Gasteiger charge is 2.33. The first-order valence-electron chi connectivity index (χ1n) is 11.4. The smallest absolute Gasteiger partial charge is 0.285 e. The quantitative estimate of drug-likeness (QED) is 0.449. The molecule has 7 nitrogen and oxygen atoms in total. The van der Waals surface area contributed by atoms with Crippen LogP contribution in [0.4, 0.5) is 8.78 Å². The van der Waals surface area contributed by atoms with Gasteiger partial charge in [-0.3, -0.25) is 4.79 Å². The lowest BCUT2D eigenvalue weighted by Gasteiger charge is -2.34. The van der Waals surface area contributed by atoms with E-state index in [9.17, 15) is 22.0 Å². The number of amides is 1. The van der Waals surface area contributed by atoms with Crippen molar-refractivity contribution < 1.29 is 26.7 Å². The summed E-state index contributed by atoms with van der Waals surface area (Å²) in [5.41, 5.74) is -0.179. The van der Waals surface area contributed by atoms with Gasteiger partial charge in [-0.25, -0.2) is 8.42 Å². The molecule has 1 aliphatic heterocycles. The minimum Gasteiger partial charge on any atom is -0.494 e. The van der Waals surface area contributed by atoms with E-state index in [0.29, 0.717) is 12.4 Å². The van der Waals surface area contributed by atoms with E-state index >= 15 is 0 Å². The van der Waals surface area contributed by atoms with Crippen LogP contribution in [0, 0.1) is 0 Å². The van der Waals surface area contributed by atoms with Gasteiger partial charge >= 0.3 is 0 Å². The first kappa shape index (κ1) is 29.0. The third-order valence-electron chi connectivity index (χ3n) is 5.62. The predicted molar refractivity (Wildman–Crippen MR) is 133 cm³/mol. The summed E-state index contributed by atoms with van der Waals surface area (Å²) in [4.78, 5) is 14.2. The van der Waals surface area contributed by atoms with Crippen LogP contribution in [-0.2, 0) is 20.7 Å². The Bertz CT molecular complexity index is 1050. The minimum absolute atomic E-state index is 0. The van der Waals surface area contributed by atoms with Gasteiger partial charge in [0.1, 0.15) is 5.75 Å². The Balaban J connectivity index is 0.00000432. The molecule has 2 aromatic carbocycles. The molecular weight excluding hydrogens is 500 g/mol. The Morgan fingerprint density at radius 3 is 2.40 bits per heavy atom. The van der Waals surface area contributed by atoms with Crippen molar-refractivity contribution in [2.24, 2.45) is 0 Å². The van der Waals surface area contributed by atoms with Gasteiger partial charge in [-0.1, -0.05) is 43.7 Å². The summed E-state index contributed by atoms with van der Waals surface area (Å²) in [7, 11) is -3.62. The lowest BCUT2D eigenvalue weighted by molar-refractivity contribution is -0.131. The Kier molecular flexibility index (Phi) is 10.9. The average Bonchev–Trinajstić information content (AvgIpc) is 2.85. The van der Waals surface area contributed by atoms with Gasteiger partial charge in [0.15, 0.2) is 0 Å². The van der Waals surface area contributed by atoms with Crippen LogP contribution in [0.1, 0.15) is 25.3 Å². The summed E-state index contributed by atoms with van der Waals surface area (Å²) >= 11 is 0. The molecular formula is C24H32ClF2N3O4S. The van der Waals surface area contributed by atoms with Gasteiger partial charge in [-0.15, -0.1) is 12.4 Å². The molecule has 1 amide bonds. The van der Waals surface area contributed by atoms with Crippen molar-refractivity contribution >= 4 is 28.3 Å². The lowest BCUT2D eigenvalue weighted by Crippen LogP contribution is -2.52. The number of carbonyl (C=O) groups excluding carboxylic acids is 1. The van der Waals surface area contributed by atoms with Crippen LogP contribution >= 0.6 is 12.4 Å². The van der Waals surface area contributed by atoms with Gasteiger partial charge < -0.3 is 15.0 Å². The van der Waals surface area contributed by atoms with Gasteiger partial charge in [0.05, 0.1) is 24.6 Å². The number of carbonyl (C=O) groups is 1. The molecule has 1 fully saturated rings. The number of hydrogen-bond donors (Lipinski definition) is 1. The number of rotatable bonds is 11. The highest BCUT2D eigenvalue weighted by Crippen LogP contribution is 2.29. The van der Waals surface area contributed by atoms with Crippen molar-refractivity contribution in [3.63, 3.8) is 0 Å². The van der Waals surface area contributed by atoms with Gasteiger partial charge in [0.2, 0.25) is 15.9 Å². The van der Waals surface area contributed by atoms with E-state index in [1.165, 1.54) is 39.5 Å². The fourth-order valence-corrected chi connectivity index (χ4v) is 5.05. The molecule has 0 atom stereocenters. The summed E-state index contributed by atoms with van der Waals surface area (Å²) in [5.74, 6) is -3.12. The lowest BCUT2D eigenvalue weighted by atomic mass is 10.1. The fourth-order valence-electron chi connectivity index (χ4n) is 3.61. The van der Waals surface area contributed by atoms with Gasteiger partial charge in [0.25, 0.3) is 5.92 Å². The largest absolute Gasteiger partial charge is 0.494 e. The zero-order chi connectivity index (χ0) is 24.6. The third-order valence-corrected chi connectivity index (χ3v) is 7.53. The van der Waals surface area contributed by atoms with Crippen LogP contribution < -0.4 is 10.1 Å². The van der Waals surface area contributed by atoms with E-state index in [-0.39, 0.29) is 61.5 Å². The number of piperazine rings is 1. The standard InChI is InChI=1S/C24H31F2N3O4S.ClH/c1-2-3-16-33-21-9-7-8-20(17-21)24(25,26)19-27-18-23(30)28-12-14-29(15-13-28)34(31,32)22-10-5-4-6-11-22;/h4-11,17,27H,2-3,12-16,18-19H2,1H3;1H. The second kappa shape index (κ2) is 13.2. The monoisotopic (exact) mass is 531 g/mol. The summed E-state index contributed by atoms with van der Waals surface area (Å²) in [5, 5.41) is 2.55. The zero-order valence-electron chi connectivity index (χ0n) is 19.7. The Labute approximate surface area is 211 Å². The molecule has 3 rings (SSSR count). The minimum atomic E-state index is -3.62. The number of alkyl halides is 2. The molecule has 2 aromatic rings. The molecule has 0 spiro atoms. The first-order valence-corrected chi connectivity index (χ1v) is 12.8. The highest BCUT2D eigenvalue weighted by molar-refractivity contribution is 7.89. The maximum Gasteiger partial charge on any atom is 0.285 e. The van der Waals surface area contributed by atoms with Crippen LogP contribution in [0.3, 0.4) is 0 Å². The van der Waals surface area contributed by atoms with Crippen LogP contribution in [0.25, 0.3) is 0 Å². The molecule has 0 radical (unpaired) electrons. The Morgan fingerprint density at radius 1 is 1.06 bits per heavy atom. The molecule has 1 saturated heterocycles. The number of hydrogen-bond acceptors (Lipinski definition) is 5. The number of nitrogens with zero attached hydrogens (tertiary/aromatic N) is 2. The van der Waals surface area contributed by atoms with E-state index in [0.717, 1.165) is 12.8 Å². The third kappa shape index (κ3) is 7.86. The van der Waals surface area contributed by atoms with Crippen molar-refractivity contribution in [3.8, 4) is 5.75 Å². The number of ether oxygens (including phenoxy) is 1. The molecule has 1 N–H and O–H groups in total. The molecule has 0 aromatic heterocycles. The van der Waals surface area contributed by atoms with Crippen molar-refractivity contribution in [3.05, 3.63) is 60.2 Å². The van der Waals surface area contributed by atoms with Crippen LogP contribution in [0.15, 0.2) is 59.5 Å². The van der Waals surface area contributed by atoms with Crippen LogP contribution in [-0.4, -0.2) is 69.4 Å². The fraction of sp³-hybridized carbons (Fsp3) is 0.458. The first-order chi connectivity index (χ1) is 16.2. The molecule has 0 saturated carbocycles. The number of sulfonamides is 1. The molecule has 0 bridgehead atoms. The van der Waals surface area contributed by atoms with Crippen molar-refractivity contribution in [2.45, 2.75) is 30.6 Å². The summed E-state index contributed by atoms with van der Waals surface area (Å²) in [6.07, 6.45) is 1.79. The van der Waals surface area contributed by atoms with Gasteiger partial charge in [0, 0.05) is 31.7 Å². The number of benzene rings is 2. The maximum absolute atomic E-state index is 14.6. The second-order valence-electron chi connectivity index (χ2n) is 8.14. The topological polar surface area (TPSA) is 79.0 Å². The van der Waals surface area contributed by atoms with E-state index < -0.39 is 22.5 Å². The van der Waals surface area contributed by atoms with Gasteiger partial charge in [-0.2, -0.15) is 13.1 Å². The average molecular weight is 532 g/mol. The molecule has 1 aliphatic rings. The number of halogens is 3. The Morgan fingerprint density at radius 2 is 1.74 bits per heavy atom.